The van der Waals surface area contributed by atoms with Gasteiger partial charge in [-0.25, -0.2) is 0 Å². The number of rotatable bonds is 8. The summed E-state index contributed by atoms with van der Waals surface area (Å²) < 4.78 is 5.55. The van der Waals surface area contributed by atoms with Crippen LogP contribution in [0.15, 0.2) is 60.7 Å². The number of aliphatic hydroxyl groups is 1. The lowest BCUT2D eigenvalue weighted by Gasteiger charge is -2.26. The van der Waals surface area contributed by atoms with Crippen LogP contribution in [0.4, 0.5) is 11.4 Å². The van der Waals surface area contributed by atoms with E-state index < -0.39 is 0 Å². The molecule has 40 heavy (non-hydrogen) atoms. The van der Waals surface area contributed by atoms with Gasteiger partial charge in [0.15, 0.2) is 0 Å². The molecule has 210 valence electrons. The van der Waals surface area contributed by atoms with Crippen molar-refractivity contribution in [3.05, 3.63) is 87.4 Å². The molecule has 3 aromatic carbocycles. The number of carbonyl (C=O) groups is 3. The Morgan fingerprint density at radius 1 is 1.07 bits per heavy atom. The van der Waals surface area contributed by atoms with Crippen LogP contribution < -0.4 is 15.0 Å². The molecule has 2 N–H and O–H groups in total. The fraction of sp³-hybridized carbons (Fsp3) is 0.300. The van der Waals surface area contributed by atoms with Crippen LogP contribution in [0.5, 0.6) is 5.75 Å². The SMILES string of the molecule is COc1cc(NC(=O)c2ccccc2Cl)ccc1C(=O)N1CCCC(CC(=O)N(C)CCO)c2cc(Cl)ccc21. The summed E-state index contributed by atoms with van der Waals surface area (Å²) in [5, 5.41) is 12.9. The molecule has 3 aromatic rings. The monoisotopic (exact) mass is 583 g/mol. The summed E-state index contributed by atoms with van der Waals surface area (Å²) in [6, 6.07) is 16.9. The highest BCUT2D eigenvalue weighted by atomic mass is 35.5. The molecule has 0 radical (unpaired) electrons. The Hall–Kier alpha value is -3.59. The second kappa shape index (κ2) is 13.2. The fourth-order valence-electron chi connectivity index (χ4n) is 4.87. The normalized spacial score (nSPS) is 14.6. The van der Waals surface area contributed by atoms with Crippen molar-refractivity contribution in [2.24, 2.45) is 0 Å². The summed E-state index contributed by atoms with van der Waals surface area (Å²) >= 11 is 12.5. The number of fused-ring (bicyclic) bond motifs is 1. The zero-order chi connectivity index (χ0) is 28.8. The largest absolute Gasteiger partial charge is 0.496 e. The highest BCUT2D eigenvalue weighted by Crippen LogP contribution is 2.39. The van der Waals surface area contributed by atoms with E-state index in [4.69, 9.17) is 27.9 Å². The molecular formula is C30H31Cl2N3O5. The second-order valence-electron chi connectivity index (χ2n) is 9.59. The Morgan fingerprint density at radius 3 is 2.58 bits per heavy atom. The van der Waals surface area contributed by atoms with E-state index in [0.29, 0.717) is 57.7 Å². The van der Waals surface area contributed by atoms with Crippen LogP contribution in [-0.4, -0.2) is 61.6 Å². The van der Waals surface area contributed by atoms with Crippen molar-refractivity contribution in [3.8, 4) is 5.75 Å². The Bertz CT molecular complexity index is 1410. The smallest absolute Gasteiger partial charge is 0.262 e. The number of halogens is 2. The molecule has 1 heterocycles. The molecule has 0 spiro atoms. The lowest BCUT2D eigenvalue weighted by Crippen LogP contribution is -2.32. The van der Waals surface area contributed by atoms with Crippen molar-refractivity contribution in [1.82, 2.24) is 4.90 Å². The van der Waals surface area contributed by atoms with E-state index in [1.165, 1.54) is 12.0 Å². The van der Waals surface area contributed by atoms with Crippen molar-refractivity contribution < 1.29 is 24.2 Å². The second-order valence-corrected chi connectivity index (χ2v) is 10.4. The number of hydrogen-bond donors (Lipinski definition) is 2. The number of anilines is 2. The predicted molar refractivity (Wildman–Crippen MR) is 157 cm³/mol. The van der Waals surface area contributed by atoms with Gasteiger partial charge in [0.05, 0.1) is 29.9 Å². The number of ether oxygens (including phenoxy) is 1. The minimum atomic E-state index is -0.379. The van der Waals surface area contributed by atoms with Gasteiger partial charge in [-0.1, -0.05) is 35.3 Å². The van der Waals surface area contributed by atoms with Gasteiger partial charge in [-0.2, -0.15) is 0 Å². The molecular weight excluding hydrogens is 553 g/mol. The van der Waals surface area contributed by atoms with Crippen LogP contribution in [-0.2, 0) is 4.79 Å². The van der Waals surface area contributed by atoms with Crippen LogP contribution in [0.2, 0.25) is 10.0 Å². The number of methoxy groups -OCH3 is 1. The fourth-order valence-corrected chi connectivity index (χ4v) is 5.27. The number of aliphatic hydroxyl groups excluding tert-OH is 1. The van der Waals surface area contributed by atoms with E-state index in [0.717, 1.165) is 5.56 Å². The Balaban J connectivity index is 1.61. The van der Waals surface area contributed by atoms with Crippen molar-refractivity contribution in [2.75, 3.05) is 44.1 Å². The summed E-state index contributed by atoms with van der Waals surface area (Å²) in [5.74, 6) is -0.562. The first-order valence-electron chi connectivity index (χ1n) is 12.9. The molecule has 10 heteroatoms. The summed E-state index contributed by atoms with van der Waals surface area (Å²) in [4.78, 5) is 42.6. The Morgan fingerprint density at radius 2 is 1.85 bits per heavy atom. The molecule has 0 aromatic heterocycles. The van der Waals surface area contributed by atoms with Gasteiger partial charge in [-0.15, -0.1) is 0 Å². The van der Waals surface area contributed by atoms with Gasteiger partial charge >= 0.3 is 0 Å². The Labute approximate surface area is 243 Å². The third kappa shape index (κ3) is 6.58. The molecule has 3 amide bonds. The molecule has 1 aliphatic heterocycles. The van der Waals surface area contributed by atoms with Crippen LogP contribution in [0, 0.1) is 0 Å². The first-order valence-corrected chi connectivity index (χ1v) is 13.7. The van der Waals surface area contributed by atoms with Gasteiger partial charge in [-0.3, -0.25) is 14.4 Å². The maximum absolute atomic E-state index is 13.9. The molecule has 0 aliphatic carbocycles. The number of nitrogens with zero attached hydrogens (tertiary/aromatic N) is 2. The summed E-state index contributed by atoms with van der Waals surface area (Å²) in [6.07, 6.45) is 1.61. The van der Waals surface area contributed by atoms with E-state index in [2.05, 4.69) is 5.32 Å². The molecule has 0 fully saturated rings. The highest BCUT2D eigenvalue weighted by molar-refractivity contribution is 6.34. The maximum atomic E-state index is 13.9. The molecule has 4 rings (SSSR count). The minimum Gasteiger partial charge on any atom is -0.496 e. The van der Waals surface area contributed by atoms with Crippen molar-refractivity contribution >= 4 is 52.3 Å². The van der Waals surface area contributed by atoms with Crippen molar-refractivity contribution in [1.29, 1.82) is 0 Å². The minimum absolute atomic E-state index is 0.0825. The Kier molecular flexibility index (Phi) is 9.68. The molecule has 0 saturated carbocycles. The third-order valence-electron chi connectivity index (χ3n) is 6.99. The lowest BCUT2D eigenvalue weighted by molar-refractivity contribution is -0.130. The third-order valence-corrected chi connectivity index (χ3v) is 7.55. The summed E-state index contributed by atoms with van der Waals surface area (Å²) in [6.45, 7) is 0.591. The van der Waals surface area contributed by atoms with Gasteiger partial charge in [0.1, 0.15) is 5.75 Å². The first kappa shape index (κ1) is 29.4. The maximum Gasteiger partial charge on any atom is 0.262 e. The average molecular weight is 585 g/mol. The van der Waals surface area contributed by atoms with Crippen LogP contribution in [0.3, 0.4) is 0 Å². The molecule has 1 aliphatic rings. The molecule has 0 saturated heterocycles. The van der Waals surface area contributed by atoms with Gasteiger partial charge in [0, 0.05) is 49.0 Å². The van der Waals surface area contributed by atoms with Crippen LogP contribution >= 0.6 is 23.2 Å². The summed E-state index contributed by atoms with van der Waals surface area (Å²) in [5.41, 5.74) is 2.63. The molecule has 1 unspecified atom stereocenters. The number of carbonyl (C=O) groups excluding carboxylic acids is 3. The molecule has 0 bridgehead atoms. The van der Waals surface area contributed by atoms with E-state index in [9.17, 15) is 19.5 Å². The topological polar surface area (TPSA) is 99.2 Å². The van der Waals surface area contributed by atoms with E-state index in [-0.39, 0.29) is 43.2 Å². The number of amides is 3. The van der Waals surface area contributed by atoms with Crippen molar-refractivity contribution in [3.63, 3.8) is 0 Å². The lowest BCUT2D eigenvalue weighted by atomic mass is 9.90. The van der Waals surface area contributed by atoms with Gasteiger partial charge in [0.25, 0.3) is 11.8 Å². The summed E-state index contributed by atoms with van der Waals surface area (Å²) in [7, 11) is 3.13. The van der Waals surface area contributed by atoms with E-state index in [1.54, 1.807) is 66.5 Å². The number of benzene rings is 3. The first-order chi connectivity index (χ1) is 19.2. The van der Waals surface area contributed by atoms with Crippen LogP contribution in [0.25, 0.3) is 0 Å². The number of likely N-dealkylation sites (N-methyl/N-ethyl adjacent to an activating group) is 1. The van der Waals surface area contributed by atoms with Gasteiger partial charge < -0.3 is 25.0 Å². The van der Waals surface area contributed by atoms with E-state index in [1.807, 2.05) is 6.07 Å². The molecule has 1 atom stereocenters. The van der Waals surface area contributed by atoms with Gasteiger partial charge in [0.2, 0.25) is 5.91 Å². The standard InChI is InChI=1S/C30H31Cl2N3O5/c1-34(14-15-36)28(37)16-19-6-5-13-35(26-12-9-20(31)17-24(19)26)30(39)23-11-10-21(18-27(23)40-2)33-29(38)22-7-3-4-8-25(22)32/h3-4,7-12,17-19,36H,5-6,13-16H2,1-2H3,(H,33,38). The zero-order valence-electron chi connectivity index (χ0n) is 22.3. The predicted octanol–water partition coefficient (Wildman–Crippen LogP) is 5.62. The van der Waals surface area contributed by atoms with Crippen molar-refractivity contribution in [2.45, 2.75) is 25.2 Å². The van der Waals surface area contributed by atoms with Gasteiger partial charge in [-0.05, 0) is 66.8 Å². The number of nitrogens with one attached hydrogen (secondary N) is 1. The van der Waals surface area contributed by atoms with E-state index >= 15 is 0 Å². The molecule has 8 nitrogen and oxygen atoms in total. The van der Waals surface area contributed by atoms with Crippen LogP contribution in [0.1, 0.15) is 51.5 Å². The highest BCUT2D eigenvalue weighted by Gasteiger charge is 2.30. The number of hydrogen-bond acceptors (Lipinski definition) is 5. The zero-order valence-corrected chi connectivity index (χ0v) is 23.8. The average Bonchev–Trinajstić information content (AvgIpc) is 3.11. The quantitative estimate of drug-likeness (QED) is 0.358.